The Morgan fingerprint density at radius 1 is 1.10 bits per heavy atom. The van der Waals surface area contributed by atoms with Gasteiger partial charge in [0.2, 0.25) is 11.8 Å². The van der Waals surface area contributed by atoms with Gasteiger partial charge in [0.1, 0.15) is 11.4 Å². The molecule has 2 atom stereocenters. The van der Waals surface area contributed by atoms with Gasteiger partial charge >= 0.3 is 0 Å². The van der Waals surface area contributed by atoms with Crippen molar-refractivity contribution >= 4 is 11.8 Å². The summed E-state index contributed by atoms with van der Waals surface area (Å²) in [6.07, 6.45) is 5.23. The molecule has 4 rings (SSSR count). The Morgan fingerprint density at radius 2 is 1.85 bits per heavy atom. The van der Waals surface area contributed by atoms with Crippen molar-refractivity contribution in [2.24, 2.45) is 17.6 Å². The van der Waals surface area contributed by atoms with Gasteiger partial charge in [0.05, 0.1) is 38.4 Å². The average Bonchev–Trinajstić information content (AvgIpc) is 3.43. The predicted molar refractivity (Wildman–Crippen MR) is 147 cm³/mol. The fourth-order valence-corrected chi connectivity index (χ4v) is 5.36. The number of nitrogens with one attached hydrogen (secondary N) is 1. The van der Waals surface area contributed by atoms with Crippen LogP contribution >= 0.6 is 0 Å². The van der Waals surface area contributed by atoms with E-state index in [-0.39, 0.29) is 18.9 Å². The third-order valence-corrected chi connectivity index (χ3v) is 7.55. The second kappa shape index (κ2) is 12.9. The topological polar surface area (TPSA) is 131 Å². The number of aromatic nitrogens is 2. The zero-order valence-electron chi connectivity index (χ0n) is 22.6. The molecule has 1 fully saturated rings. The normalized spacial score (nSPS) is 15.8. The number of hydrogen-bond acceptors (Lipinski definition) is 6. The molecule has 0 bridgehead atoms. The van der Waals surface area contributed by atoms with Crippen LogP contribution in [0.4, 0.5) is 0 Å². The zero-order valence-corrected chi connectivity index (χ0v) is 22.6. The number of imidazole rings is 1. The first kappa shape index (κ1) is 28.3. The molecule has 9 nitrogen and oxygen atoms in total. The Balaban J connectivity index is 1.59. The van der Waals surface area contributed by atoms with Crippen LogP contribution in [0, 0.1) is 18.8 Å². The van der Waals surface area contributed by atoms with Gasteiger partial charge in [-0.15, -0.1) is 0 Å². The van der Waals surface area contributed by atoms with Crippen molar-refractivity contribution in [3.63, 3.8) is 0 Å². The molecule has 9 heteroatoms. The van der Waals surface area contributed by atoms with Crippen LogP contribution in [0.15, 0.2) is 61.1 Å². The predicted octanol–water partition coefficient (Wildman–Crippen LogP) is 2.76. The van der Waals surface area contributed by atoms with E-state index < -0.39 is 23.3 Å². The molecule has 2 amide bonds. The summed E-state index contributed by atoms with van der Waals surface area (Å²) in [5.41, 5.74) is 9.07. The number of amides is 2. The molecular weight excluding hydrogens is 496 g/mol. The molecule has 0 aliphatic carbocycles. The Bertz CT molecular complexity index is 1220. The fraction of sp³-hybridized carbons (Fsp3) is 0.433. The highest BCUT2D eigenvalue weighted by Crippen LogP contribution is 2.39. The van der Waals surface area contributed by atoms with Crippen molar-refractivity contribution in [1.29, 1.82) is 0 Å². The first-order valence-corrected chi connectivity index (χ1v) is 13.4. The van der Waals surface area contributed by atoms with E-state index in [0.29, 0.717) is 32.5 Å². The highest BCUT2D eigenvalue weighted by atomic mass is 16.5. The van der Waals surface area contributed by atoms with Gasteiger partial charge < -0.3 is 30.2 Å². The molecule has 2 aromatic carbocycles. The molecule has 1 unspecified atom stereocenters. The van der Waals surface area contributed by atoms with Crippen LogP contribution in [-0.4, -0.2) is 65.2 Å². The van der Waals surface area contributed by atoms with E-state index in [1.807, 2.05) is 55.5 Å². The number of aliphatic hydroxyl groups excluding tert-OH is 1. The second-order valence-corrected chi connectivity index (χ2v) is 10.2. The van der Waals surface area contributed by atoms with Crippen LogP contribution < -0.4 is 10.5 Å². The summed E-state index contributed by atoms with van der Waals surface area (Å²) < 4.78 is 11.7. The van der Waals surface area contributed by atoms with E-state index in [1.54, 1.807) is 24.5 Å². The average molecular weight is 535 g/mol. The first-order valence-electron chi connectivity index (χ1n) is 13.4. The van der Waals surface area contributed by atoms with Gasteiger partial charge in [-0.1, -0.05) is 36.4 Å². The summed E-state index contributed by atoms with van der Waals surface area (Å²) in [7, 11) is 1.60. The molecule has 3 aromatic rings. The molecule has 2 heterocycles. The number of aryl methyl sites for hydroxylation is 1. The third-order valence-electron chi connectivity index (χ3n) is 7.55. The number of unbranched alkanes of at least 4 members (excludes halogenated alkanes) is 1. The maximum Gasteiger partial charge on any atom is 0.227 e. The standard InChI is InChI=1S/C30H38N4O5/c1-21-7-3-4-8-27(21)30(39-14-6-5-13-35)18-34(19-30)29(37)26(15-22-9-11-24(38-2)12-10-22)25(28(31)36)16-23-17-32-20-33-23/h3-4,7-12,17,20,25-26,35H,5-6,13-16,18-19H2,1-2H3,(H2,31,36)(H,32,33)/t25?,26-/m1/s1. The SMILES string of the molecule is COc1ccc(C[C@@H](C(=O)N2CC(OCCCCO)(c3ccccc3C)C2)C(Cc2cnc[nH]2)C(N)=O)cc1. The number of rotatable bonds is 14. The molecule has 0 spiro atoms. The van der Waals surface area contributed by atoms with Crippen molar-refractivity contribution < 1.29 is 24.2 Å². The first-order chi connectivity index (χ1) is 18.9. The summed E-state index contributed by atoms with van der Waals surface area (Å²) in [6.45, 7) is 3.40. The van der Waals surface area contributed by atoms with Gasteiger partial charge in [-0.2, -0.15) is 0 Å². The molecule has 1 aliphatic heterocycles. The van der Waals surface area contributed by atoms with Crippen LogP contribution in [0.5, 0.6) is 5.75 Å². The van der Waals surface area contributed by atoms with Gasteiger partial charge in [0, 0.05) is 31.5 Å². The summed E-state index contributed by atoms with van der Waals surface area (Å²) in [5.74, 6) is -1.32. The van der Waals surface area contributed by atoms with Gasteiger partial charge in [-0.25, -0.2) is 4.98 Å². The van der Waals surface area contributed by atoms with E-state index in [2.05, 4.69) is 9.97 Å². The van der Waals surface area contributed by atoms with Crippen LogP contribution in [-0.2, 0) is 32.8 Å². The van der Waals surface area contributed by atoms with Crippen molar-refractivity contribution in [2.75, 3.05) is 33.4 Å². The smallest absolute Gasteiger partial charge is 0.227 e. The monoisotopic (exact) mass is 534 g/mol. The van der Waals surface area contributed by atoms with Gasteiger partial charge in [0.15, 0.2) is 0 Å². The van der Waals surface area contributed by atoms with Crippen LogP contribution in [0.2, 0.25) is 0 Å². The summed E-state index contributed by atoms with van der Waals surface area (Å²) in [6, 6.07) is 15.6. The minimum Gasteiger partial charge on any atom is -0.497 e. The lowest BCUT2D eigenvalue weighted by Crippen LogP contribution is -2.64. The van der Waals surface area contributed by atoms with E-state index in [1.165, 1.54) is 0 Å². The number of carbonyl (C=O) groups is 2. The summed E-state index contributed by atoms with van der Waals surface area (Å²) >= 11 is 0. The molecule has 1 aromatic heterocycles. The summed E-state index contributed by atoms with van der Waals surface area (Å²) in [4.78, 5) is 35.7. The maximum atomic E-state index is 14.1. The molecule has 208 valence electrons. The number of carbonyl (C=O) groups excluding carboxylic acids is 2. The van der Waals surface area contributed by atoms with Crippen molar-refractivity contribution in [3.05, 3.63) is 83.4 Å². The van der Waals surface area contributed by atoms with Gasteiger partial charge in [-0.3, -0.25) is 9.59 Å². The van der Waals surface area contributed by atoms with Gasteiger partial charge in [-0.05, 0) is 55.0 Å². The number of primary amides is 1. The summed E-state index contributed by atoms with van der Waals surface area (Å²) in [5, 5.41) is 9.18. The van der Waals surface area contributed by atoms with E-state index in [4.69, 9.17) is 15.2 Å². The minimum atomic E-state index is -0.723. The Labute approximate surface area is 229 Å². The molecule has 0 radical (unpaired) electrons. The second-order valence-electron chi connectivity index (χ2n) is 10.2. The van der Waals surface area contributed by atoms with E-state index in [0.717, 1.165) is 34.6 Å². The number of methoxy groups -OCH3 is 1. The van der Waals surface area contributed by atoms with Crippen LogP contribution in [0.1, 0.15) is 35.2 Å². The molecule has 0 saturated carbocycles. The van der Waals surface area contributed by atoms with E-state index in [9.17, 15) is 14.7 Å². The number of nitrogens with two attached hydrogens (primary N) is 1. The highest BCUT2D eigenvalue weighted by molar-refractivity contribution is 5.88. The lowest BCUT2D eigenvalue weighted by molar-refractivity contribution is -0.178. The number of likely N-dealkylation sites (tertiary alicyclic amines) is 1. The third kappa shape index (κ3) is 6.66. The number of hydrogen-bond donors (Lipinski definition) is 3. The molecule has 39 heavy (non-hydrogen) atoms. The number of ether oxygens (including phenoxy) is 2. The number of H-pyrrole nitrogens is 1. The van der Waals surface area contributed by atoms with Crippen molar-refractivity contribution in [2.45, 2.75) is 38.2 Å². The molecule has 4 N–H and O–H groups in total. The molecular formula is C30H38N4O5. The largest absolute Gasteiger partial charge is 0.497 e. The lowest BCUT2D eigenvalue weighted by atomic mass is 9.78. The van der Waals surface area contributed by atoms with Crippen LogP contribution in [0.25, 0.3) is 0 Å². The van der Waals surface area contributed by atoms with E-state index >= 15 is 0 Å². The van der Waals surface area contributed by atoms with Gasteiger partial charge in [0.25, 0.3) is 0 Å². The van der Waals surface area contributed by atoms with Crippen molar-refractivity contribution in [3.8, 4) is 5.75 Å². The Kier molecular flexibility index (Phi) is 9.37. The molecule has 1 aliphatic rings. The van der Waals surface area contributed by atoms with Crippen LogP contribution in [0.3, 0.4) is 0 Å². The number of aromatic amines is 1. The minimum absolute atomic E-state index is 0.114. The lowest BCUT2D eigenvalue weighted by Gasteiger charge is -2.51. The highest BCUT2D eigenvalue weighted by Gasteiger charge is 2.50. The number of aliphatic hydroxyl groups is 1. The fourth-order valence-electron chi connectivity index (χ4n) is 5.36. The quantitative estimate of drug-likeness (QED) is 0.273. The zero-order chi connectivity index (χ0) is 27.8. The Hall–Kier alpha value is -3.69. The number of nitrogens with zero attached hydrogens (tertiary/aromatic N) is 2. The maximum absolute atomic E-state index is 14.1. The molecule has 1 saturated heterocycles. The van der Waals surface area contributed by atoms with Crippen molar-refractivity contribution in [1.82, 2.24) is 14.9 Å². The number of benzene rings is 2. The Morgan fingerprint density at radius 3 is 2.46 bits per heavy atom.